The van der Waals surface area contributed by atoms with Crippen LogP contribution in [-0.2, 0) is 4.74 Å². The van der Waals surface area contributed by atoms with Gasteiger partial charge in [0.1, 0.15) is 6.10 Å². The lowest BCUT2D eigenvalue weighted by atomic mass is 9.98. The summed E-state index contributed by atoms with van der Waals surface area (Å²) in [7, 11) is 1.98. The maximum Gasteiger partial charge on any atom is 0.158 e. The molecule has 1 aromatic heterocycles. The molecule has 5 nitrogen and oxygen atoms in total. The van der Waals surface area contributed by atoms with Crippen LogP contribution in [0, 0.1) is 13.8 Å². The predicted molar refractivity (Wildman–Crippen MR) is 84.7 cm³/mol. The van der Waals surface area contributed by atoms with Crippen molar-refractivity contribution in [3.05, 3.63) is 22.8 Å². The Labute approximate surface area is 128 Å². The van der Waals surface area contributed by atoms with Gasteiger partial charge in [-0.3, -0.25) is 4.90 Å². The van der Waals surface area contributed by atoms with Gasteiger partial charge < -0.3 is 10.1 Å². The molecule has 0 radical (unpaired) electrons. The summed E-state index contributed by atoms with van der Waals surface area (Å²) in [6, 6.07) is 0. The number of likely N-dealkylation sites (N-methyl/N-ethyl adjacent to an activating group) is 2. The van der Waals surface area contributed by atoms with Gasteiger partial charge >= 0.3 is 0 Å². The van der Waals surface area contributed by atoms with Crippen LogP contribution in [0.3, 0.4) is 0 Å². The van der Waals surface area contributed by atoms with Crippen molar-refractivity contribution in [1.82, 2.24) is 20.2 Å². The number of aryl methyl sites for hydroxylation is 2. The summed E-state index contributed by atoms with van der Waals surface area (Å²) >= 11 is 0. The van der Waals surface area contributed by atoms with Gasteiger partial charge in [0.25, 0.3) is 0 Å². The molecule has 2 unspecified atom stereocenters. The topological polar surface area (TPSA) is 50.3 Å². The largest absolute Gasteiger partial charge is 0.368 e. The molecule has 1 saturated heterocycles. The summed E-state index contributed by atoms with van der Waals surface area (Å²) in [5.41, 5.74) is 3.42. The summed E-state index contributed by atoms with van der Waals surface area (Å²) in [5.74, 6) is 1.26. The normalized spacial score (nSPS) is 21.5. The molecular formula is C16H28N4O. The zero-order valence-corrected chi connectivity index (χ0v) is 13.9. The van der Waals surface area contributed by atoms with E-state index in [1.54, 1.807) is 0 Å². The van der Waals surface area contributed by atoms with Gasteiger partial charge in [0, 0.05) is 31.0 Å². The summed E-state index contributed by atoms with van der Waals surface area (Å²) in [5, 5.41) is 3.22. The minimum absolute atomic E-state index is 0.00440. The van der Waals surface area contributed by atoms with Crippen molar-refractivity contribution in [3.8, 4) is 0 Å². The molecule has 0 aliphatic carbocycles. The minimum atomic E-state index is 0.00440. The van der Waals surface area contributed by atoms with Crippen molar-refractivity contribution in [1.29, 1.82) is 0 Å². The van der Waals surface area contributed by atoms with E-state index in [9.17, 15) is 0 Å². The first-order valence-corrected chi connectivity index (χ1v) is 7.90. The molecule has 21 heavy (non-hydrogen) atoms. The Hall–Kier alpha value is -1.04. The summed E-state index contributed by atoms with van der Waals surface area (Å²) in [4.78, 5) is 11.9. The number of nitrogens with one attached hydrogen (secondary N) is 1. The molecule has 0 aromatic carbocycles. The second kappa shape index (κ2) is 7.29. The third-order valence-electron chi connectivity index (χ3n) is 4.23. The van der Waals surface area contributed by atoms with Crippen molar-refractivity contribution in [2.24, 2.45) is 0 Å². The number of hydrogen-bond donors (Lipinski definition) is 1. The zero-order chi connectivity index (χ0) is 15.4. The zero-order valence-electron chi connectivity index (χ0n) is 13.9. The standard InChI is InChI=1S/C16H28N4O/c1-6-20-7-8-21-14(10-20)16-18-12(3)15(13(4)19-16)11(2)9-17-5/h11,14,17H,6-10H2,1-5H3. The molecule has 0 spiro atoms. The van der Waals surface area contributed by atoms with Gasteiger partial charge in [-0.2, -0.15) is 0 Å². The lowest BCUT2D eigenvalue weighted by Gasteiger charge is -2.31. The Kier molecular flexibility index (Phi) is 5.67. The van der Waals surface area contributed by atoms with Gasteiger partial charge in [-0.15, -0.1) is 0 Å². The third-order valence-corrected chi connectivity index (χ3v) is 4.23. The Bertz CT molecular complexity index is 454. The fourth-order valence-electron chi connectivity index (χ4n) is 3.16. The van der Waals surface area contributed by atoms with Gasteiger partial charge in [0.2, 0.25) is 0 Å². The molecule has 1 fully saturated rings. The molecule has 2 heterocycles. The lowest BCUT2D eigenvalue weighted by molar-refractivity contribution is -0.0327. The lowest BCUT2D eigenvalue weighted by Crippen LogP contribution is -2.38. The Morgan fingerprint density at radius 3 is 2.57 bits per heavy atom. The predicted octanol–water partition coefficient (Wildman–Crippen LogP) is 1.81. The summed E-state index contributed by atoms with van der Waals surface area (Å²) in [6.45, 7) is 13.2. The molecule has 1 aliphatic heterocycles. The van der Waals surface area contributed by atoms with Crippen molar-refractivity contribution < 1.29 is 4.74 Å². The van der Waals surface area contributed by atoms with Crippen LogP contribution in [-0.4, -0.2) is 54.7 Å². The maximum atomic E-state index is 5.87. The fourth-order valence-corrected chi connectivity index (χ4v) is 3.16. The Balaban J connectivity index is 2.23. The van der Waals surface area contributed by atoms with Gasteiger partial charge in [0.15, 0.2) is 5.82 Å². The fraction of sp³-hybridized carbons (Fsp3) is 0.750. The average Bonchev–Trinajstić information content (AvgIpc) is 2.47. The van der Waals surface area contributed by atoms with Crippen molar-refractivity contribution >= 4 is 0 Å². The highest BCUT2D eigenvalue weighted by molar-refractivity contribution is 5.28. The van der Waals surface area contributed by atoms with E-state index in [0.717, 1.165) is 50.0 Å². The molecule has 1 aliphatic rings. The van der Waals surface area contributed by atoms with E-state index in [1.165, 1.54) is 5.56 Å². The van der Waals surface area contributed by atoms with Crippen molar-refractivity contribution in [2.75, 3.05) is 39.8 Å². The van der Waals surface area contributed by atoms with E-state index in [4.69, 9.17) is 14.7 Å². The van der Waals surface area contributed by atoms with Gasteiger partial charge in [-0.25, -0.2) is 9.97 Å². The molecule has 0 amide bonds. The molecular weight excluding hydrogens is 264 g/mol. The molecule has 2 atom stereocenters. The number of morpholine rings is 1. The van der Waals surface area contributed by atoms with Crippen LogP contribution in [0.1, 0.15) is 48.6 Å². The molecule has 1 aromatic rings. The molecule has 5 heteroatoms. The number of ether oxygens (including phenoxy) is 1. The van der Waals surface area contributed by atoms with Gasteiger partial charge in [-0.1, -0.05) is 13.8 Å². The molecule has 2 rings (SSSR count). The highest BCUT2D eigenvalue weighted by atomic mass is 16.5. The van der Waals surface area contributed by atoms with Crippen LogP contribution in [0.2, 0.25) is 0 Å². The second-order valence-corrected chi connectivity index (χ2v) is 5.88. The third kappa shape index (κ3) is 3.78. The minimum Gasteiger partial charge on any atom is -0.368 e. The Morgan fingerprint density at radius 1 is 1.33 bits per heavy atom. The highest BCUT2D eigenvalue weighted by Crippen LogP contribution is 2.25. The van der Waals surface area contributed by atoms with Crippen LogP contribution < -0.4 is 5.32 Å². The summed E-state index contributed by atoms with van der Waals surface area (Å²) < 4.78 is 5.87. The van der Waals surface area contributed by atoms with E-state index in [2.05, 4.69) is 37.9 Å². The average molecular weight is 292 g/mol. The SMILES string of the molecule is CCN1CCOC(c2nc(C)c(C(C)CNC)c(C)n2)C1. The highest BCUT2D eigenvalue weighted by Gasteiger charge is 2.25. The first-order valence-electron chi connectivity index (χ1n) is 7.90. The van der Waals surface area contributed by atoms with E-state index in [0.29, 0.717) is 5.92 Å². The number of hydrogen-bond acceptors (Lipinski definition) is 5. The monoisotopic (exact) mass is 292 g/mol. The molecule has 0 bridgehead atoms. The van der Waals surface area contributed by atoms with Gasteiger partial charge in [0.05, 0.1) is 6.61 Å². The van der Waals surface area contributed by atoms with Crippen LogP contribution in [0.4, 0.5) is 0 Å². The van der Waals surface area contributed by atoms with E-state index in [-0.39, 0.29) is 6.10 Å². The van der Waals surface area contributed by atoms with E-state index in [1.807, 2.05) is 7.05 Å². The molecule has 0 saturated carbocycles. The van der Waals surface area contributed by atoms with E-state index < -0.39 is 0 Å². The number of nitrogens with zero attached hydrogens (tertiary/aromatic N) is 3. The van der Waals surface area contributed by atoms with Crippen LogP contribution in [0.5, 0.6) is 0 Å². The van der Waals surface area contributed by atoms with Crippen molar-refractivity contribution in [2.45, 2.75) is 39.7 Å². The van der Waals surface area contributed by atoms with Gasteiger partial charge in [-0.05, 0) is 38.9 Å². The number of aromatic nitrogens is 2. The van der Waals surface area contributed by atoms with Crippen molar-refractivity contribution in [3.63, 3.8) is 0 Å². The Morgan fingerprint density at radius 2 is 2.00 bits per heavy atom. The van der Waals surface area contributed by atoms with Crippen LogP contribution in [0.25, 0.3) is 0 Å². The quantitative estimate of drug-likeness (QED) is 0.897. The van der Waals surface area contributed by atoms with Crippen LogP contribution in [0.15, 0.2) is 0 Å². The molecule has 1 N–H and O–H groups in total. The number of rotatable bonds is 5. The maximum absolute atomic E-state index is 5.87. The molecule has 118 valence electrons. The smallest absolute Gasteiger partial charge is 0.158 e. The first-order chi connectivity index (χ1) is 10.1. The van der Waals surface area contributed by atoms with E-state index >= 15 is 0 Å². The van der Waals surface area contributed by atoms with Crippen LogP contribution >= 0.6 is 0 Å². The first kappa shape index (κ1) is 16.3. The summed E-state index contributed by atoms with van der Waals surface area (Å²) in [6.07, 6.45) is 0.00440. The second-order valence-electron chi connectivity index (χ2n) is 5.88.